The first-order chi connectivity index (χ1) is 10.7. The zero-order valence-electron chi connectivity index (χ0n) is 12.5. The van der Waals surface area contributed by atoms with Crippen molar-refractivity contribution in [3.8, 4) is 0 Å². The molecule has 0 radical (unpaired) electrons. The van der Waals surface area contributed by atoms with E-state index in [2.05, 4.69) is 10.2 Å². The second-order valence-electron chi connectivity index (χ2n) is 5.74. The Labute approximate surface area is 132 Å². The Hall–Kier alpha value is -3.01. The highest BCUT2D eigenvalue weighted by atomic mass is 16.4. The van der Waals surface area contributed by atoms with E-state index in [1.165, 1.54) is 18.2 Å². The van der Waals surface area contributed by atoms with Crippen LogP contribution in [0.3, 0.4) is 0 Å². The highest BCUT2D eigenvalue weighted by molar-refractivity contribution is 6.29. The molecule has 1 aromatic carbocycles. The summed E-state index contributed by atoms with van der Waals surface area (Å²) in [6.45, 7) is 9.51. The summed E-state index contributed by atoms with van der Waals surface area (Å²) in [6.07, 6.45) is 0. The van der Waals surface area contributed by atoms with Gasteiger partial charge in [0.15, 0.2) is 23.2 Å². The Bertz CT molecular complexity index is 773. The molecule has 0 fully saturated rings. The third-order valence-corrected chi connectivity index (χ3v) is 3.89. The van der Waals surface area contributed by atoms with Crippen LogP contribution in [0.15, 0.2) is 18.2 Å². The van der Waals surface area contributed by atoms with Gasteiger partial charge in [-0.1, -0.05) is 18.2 Å². The number of carboxylic acids is 1. The summed E-state index contributed by atoms with van der Waals surface area (Å²) in [5.74, 6) is -5.05. The van der Waals surface area contributed by atoms with Crippen LogP contribution in [0.1, 0.15) is 29.8 Å². The van der Waals surface area contributed by atoms with Gasteiger partial charge < -0.3 is 10.4 Å². The number of fused-ring (bicyclic) bond motifs is 1. The van der Waals surface area contributed by atoms with Crippen LogP contribution in [0.5, 0.6) is 0 Å². The van der Waals surface area contributed by atoms with Gasteiger partial charge in [-0.3, -0.25) is 19.2 Å². The predicted molar refractivity (Wildman–Crippen MR) is 79.2 cm³/mol. The lowest BCUT2D eigenvalue weighted by molar-refractivity contribution is -0.140. The number of Topliss-reactive ketones (excluding diaryl/α,β-unsaturated/α-hetero) is 2. The Morgan fingerprint density at radius 2 is 2.00 bits per heavy atom. The molecular weight excluding hydrogens is 300 g/mol. The van der Waals surface area contributed by atoms with Gasteiger partial charge >= 0.3 is 5.97 Å². The van der Waals surface area contributed by atoms with Crippen molar-refractivity contribution in [3.05, 3.63) is 40.7 Å². The number of aliphatic carboxylic acids is 1. The van der Waals surface area contributed by atoms with Gasteiger partial charge in [0.05, 0.1) is 6.57 Å². The predicted octanol–water partition coefficient (Wildman–Crippen LogP) is 1.10. The summed E-state index contributed by atoms with van der Waals surface area (Å²) < 4.78 is 0. The zero-order valence-corrected chi connectivity index (χ0v) is 12.5. The van der Waals surface area contributed by atoms with Crippen molar-refractivity contribution in [2.45, 2.75) is 19.3 Å². The van der Waals surface area contributed by atoms with Crippen molar-refractivity contribution in [2.75, 3.05) is 6.54 Å². The van der Waals surface area contributed by atoms with Crippen molar-refractivity contribution in [1.82, 2.24) is 5.32 Å². The van der Waals surface area contributed by atoms with E-state index in [4.69, 9.17) is 11.7 Å². The fourth-order valence-corrected chi connectivity index (χ4v) is 2.60. The third-order valence-electron chi connectivity index (χ3n) is 3.89. The Morgan fingerprint density at radius 1 is 1.35 bits per heavy atom. The van der Waals surface area contributed by atoms with E-state index in [0.717, 1.165) is 0 Å². The molecule has 0 heterocycles. The van der Waals surface area contributed by atoms with E-state index in [1.807, 2.05) is 0 Å². The van der Waals surface area contributed by atoms with E-state index in [0.29, 0.717) is 11.3 Å². The molecule has 23 heavy (non-hydrogen) atoms. The Morgan fingerprint density at radius 3 is 2.57 bits per heavy atom. The maximum atomic E-state index is 12.6. The number of hydrogen-bond acceptors (Lipinski definition) is 4. The van der Waals surface area contributed by atoms with Crippen LogP contribution >= 0.6 is 0 Å². The first kappa shape index (κ1) is 16.4. The number of nitrogens with one attached hydrogen (secondary N) is 1. The van der Waals surface area contributed by atoms with Gasteiger partial charge in [0.25, 0.3) is 0 Å². The molecule has 2 rings (SSSR count). The highest BCUT2D eigenvalue weighted by Gasteiger charge is 2.49. The van der Waals surface area contributed by atoms with Crippen LogP contribution in [-0.4, -0.2) is 35.1 Å². The van der Waals surface area contributed by atoms with E-state index < -0.39 is 41.3 Å². The van der Waals surface area contributed by atoms with Crippen LogP contribution in [-0.2, 0) is 19.8 Å². The molecule has 7 heteroatoms. The van der Waals surface area contributed by atoms with Crippen LogP contribution in [0.25, 0.3) is 4.85 Å². The van der Waals surface area contributed by atoms with Gasteiger partial charge in [0.1, 0.15) is 6.54 Å². The molecule has 2 N–H and O–H groups in total. The minimum Gasteiger partial charge on any atom is -0.480 e. The summed E-state index contributed by atoms with van der Waals surface area (Å²) in [6, 6.07) is 4.35. The molecule has 1 amide bonds. The van der Waals surface area contributed by atoms with Gasteiger partial charge in [-0.25, -0.2) is 4.85 Å². The SMILES string of the molecule is [C-]#[N+]c1ccc2c(c1)C(C)(C)C(=O)C(C(=O)NCC(=O)O)C2=O. The monoisotopic (exact) mass is 314 g/mol. The van der Waals surface area contributed by atoms with Crippen LogP contribution in [0.2, 0.25) is 0 Å². The molecule has 0 aliphatic heterocycles. The second kappa shape index (κ2) is 5.65. The van der Waals surface area contributed by atoms with E-state index >= 15 is 0 Å². The lowest BCUT2D eigenvalue weighted by atomic mass is 9.66. The molecule has 1 aromatic rings. The summed E-state index contributed by atoms with van der Waals surface area (Å²) >= 11 is 0. The average Bonchev–Trinajstić information content (AvgIpc) is 2.51. The van der Waals surface area contributed by atoms with E-state index in [-0.39, 0.29) is 5.56 Å². The van der Waals surface area contributed by atoms with Gasteiger partial charge in [0, 0.05) is 11.0 Å². The molecule has 7 nitrogen and oxygen atoms in total. The first-order valence-corrected chi connectivity index (χ1v) is 6.80. The van der Waals surface area contributed by atoms with Gasteiger partial charge in [-0.2, -0.15) is 0 Å². The molecule has 1 unspecified atom stereocenters. The summed E-state index contributed by atoms with van der Waals surface area (Å²) in [5.41, 5.74) is -0.221. The van der Waals surface area contributed by atoms with E-state index in [9.17, 15) is 19.2 Å². The zero-order chi connectivity index (χ0) is 17.4. The molecule has 118 valence electrons. The smallest absolute Gasteiger partial charge is 0.322 e. The van der Waals surface area contributed by atoms with Gasteiger partial charge in [0.2, 0.25) is 5.91 Å². The lowest BCUT2D eigenvalue weighted by Crippen LogP contribution is -2.51. The van der Waals surface area contributed by atoms with Gasteiger partial charge in [-0.15, -0.1) is 0 Å². The molecule has 1 aliphatic rings. The lowest BCUT2D eigenvalue weighted by Gasteiger charge is -2.34. The molecule has 0 spiro atoms. The molecule has 0 aromatic heterocycles. The van der Waals surface area contributed by atoms with Crippen molar-refractivity contribution < 1.29 is 24.3 Å². The quantitative estimate of drug-likeness (QED) is 0.642. The minimum atomic E-state index is -1.57. The first-order valence-electron chi connectivity index (χ1n) is 6.80. The minimum absolute atomic E-state index is 0.206. The number of ketones is 2. The number of benzene rings is 1. The van der Waals surface area contributed by atoms with Crippen LogP contribution in [0.4, 0.5) is 5.69 Å². The topological polar surface area (TPSA) is 105 Å². The van der Waals surface area contributed by atoms with Crippen molar-refractivity contribution in [2.24, 2.45) is 5.92 Å². The number of carbonyl (C=O) groups excluding carboxylic acids is 3. The number of carboxylic acid groups (broad SMARTS) is 1. The fraction of sp³-hybridized carbons (Fsp3) is 0.312. The number of hydrogen-bond donors (Lipinski definition) is 2. The molecular formula is C16H14N2O5. The number of carbonyl (C=O) groups is 4. The molecule has 0 bridgehead atoms. The standard InChI is InChI=1S/C16H14N2O5/c1-16(2)10-6-8(17-3)4-5-9(10)13(21)12(14(16)22)15(23)18-7-11(19)20/h4-6,12H,7H2,1-2H3,(H,18,23)(H,19,20). The number of amides is 1. The number of rotatable bonds is 3. The fourth-order valence-electron chi connectivity index (χ4n) is 2.60. The maximum absolute atomic E-state index is 12.6. The molecule has 1 aliphatic carbocycles. The Balaban J connectivity index is 2.49. The van der Waals surface area contributed by atoms with Crippen molar-refractivity contribution in [1.29, 1.82) is 0 Å². The van der Waals surface area contributed by atoms with Crippen molar-refractivity contribution >= 4 is 29.1 Å². The van der Waals surface area contributed by atoms with Crippen molar-refractivity contribution in [3.63, 3.8) is 0 Å². The molecule has 0 saturated carbocycles. The molecule has 0 saturated heterocycles. The maximum Gasteiger partial charge on any atom is 0.322 e. The Kier molecular flexibility index (Phi) is 4.02. The largest absolute Gasteiger partial charge is 0.480 e. The highest BCUT2D eigenvalue weighted by Crippen LogP contribution is 2.38. The normalized spacial score (nSPS) is 18.7. The van der Waals surface area contributed by atoms with E-state index in [1.54, 1.807) is 13.8 Å². The summed E-state index contributed by atoms with van der Waals surface area (Å²) in [5, 5.41) is 10.7. The van der Waals surface area contributed by atoms with Crippen LogP contribution < -0.4 is 5.32 Å². The van der Waals surface area contributed by atoms with Gasteiger partial charge in [-0.05, 0) is 19.4 Å². The molecule has 1 atom stereocenters. The number of nitrogens with zero attached hydrogens (tertiary/aromatic N) is 1. The average molecular weight is 314 g/mol. The second-order valence-corrected chi connectivity index (χ2v) is 5.74. The summed E-state index contributed by atoms with van der Waals surface area (Å²) in [7, 11) is 0. The third kappa shape index (κ3) is 2.71. The van der Waals surface area contributed by atoms with Crippen LogP contribution in [0, 0.1) is 12.5 Å². The summed E-state index contributed by atoms with van der Waals surface area (Å²) in [4.78, 5) is 51.0.